The van der Waals surface area contributed by atoms with Crippen molar-refractivity contribution in [3.8, 4) is 6.07 Å². The molecule has 0 heterocycles. The Kier molecular flexibility index (Phi) is 6.59. The van der Waals surface area contributed by atoms with Gasteiger partial charge in [-0.15, -0.1) is 0 Å². The standard InChI is InChI=1S/C33H45F3N2O3/c1-27(2)10-12-32(18-38-26(41)33(34,35)36)13-11-31(7)24(20(32)16-27)21(39)14-23-29(5)15-19(17-37)25(40)28(3,4)22(29)8-9-30(23,31)6/h15,20,22-24H,8-14,16,18H2,1-7H3,(H,38,41)/t20?,22-,23+,24?,29-,30+,31+,32+/m0/s1. The van der Waals surface area contributed by atoms with Gasteiger partial charge >= 0.3 is 12.1 Å². The highest BCUT2D eigenvalue weighted by Gasteiger charge is 2.72. The Hall–Kier alpha value is -2.17. The summed E-state index contributed by atoms with van der Waals surface area (Å²) in [5.41, 5.74) is -2.26. The summed E-state index contributed by atoms with van der Waals surface area (Å²) in [5, 5.41) is 12.1. The van der Waals surface area contributed by atoms with Crippen molar-refractivity contribution in [1.82, 2.24) is 5.32 Å². The van der Waals surface area contributed by atoms with Crippen LogP contribution in [0.15, 0.2) is 11.6 Å². The van der Waals surface area contributed by atoms with E-state index in [9.17, 15) is 32.8 Å². The van der Waals surface area contributed by atoms with Crippen molar-refractivity contribution in [2.24, 2.45) is 56.2 Å². The summed E-state index contributed by atoms with van der Waals surface area (Å²) in [7, 11) is 0. The molecule has 8 heteroatoms. The first-order valence-electron chi connectivity index (χ1n) is 15.2. The maximum Gasteiger partial charge on any atom is 0.471 e. The largest absolute Gasteiger partial charge is 0.471 e. The van der Waals surface area contributed by atoms with E-state index in [1.165, 1.54) is 0 Å². The van der Waals surface area contributed by atoms with E-state index in [1.807, 2.05) is 19.9 Å². The van der Waals surface area contributed by atoms with Gasteiger partial charge in [-0.3, -0.25) is 14.4 Å². The normalized spacial score (nSPS) is 44.8. The van der Waals surface area contributed by atoms with Crippen molar-refractivity contribution in [3.63, 3.8) is 0 Å². The molecule has 4 saturated carbocycles. The zero-order chi connectivity index (χ0) is 30.6. The number of allylic oxidation sites excluding steroid dienone is 2. The molecule has 0 aliphatic heterocycles. The van der Waals surface area contributed by atoms with Gasteiger partial charge in [-0.05, 0) is 89.8 Å². The summed E-state index contributed by atoms with van der Waals surface area (Å²) in [4.78, 5) is 39.6. The molecule has 5 aliphatic rings. The molecule has 0 saturated heterocycles. The lowest BCUT2D eigenvalue weighted by Crippen LogP contribution is -2.69. The second kappa shape index (κ2) is 8.92. The van der Waals surface area contributed by atoms with E-state index >= 15 is 0 Å². The maximum atomic E-state index is 14.5. The number of Topliss-reactive ketones (excluding diaryl/α,β-unsaturated/α-hetero) is 2. The van der Waals surface area contributed by atoms with E-state index in [1.54, 1.807) is 0 Å². The molecule has 0 radical (unpaired) electrons. The number of alkyl halides is 3. The first kappa shape index (κ1) is 30.3. The third kappa shape index (κ3) is 4.10. The Bertz CT molecular complexity index is 1260. The first-order valence-corrected chi connectivity index (χ1v) is 15.2. The van der Waals surface area contributed by atoms with Crippen LogP contribution < -0.4 is 5.32 Å². The molecule has 0 aromatic heterocycles. The molecule has 1 N–H and O–H groups in total. The van der Waals surface area contributed by atoms with Gasteiger partial charge in [0.15, 0.2) is 5.78 Å². The van der Waals surface area contributed by atoms with E-state index in [0.717, 1.165) is 25.7 Å². The van der Waals surface area contributed by atoms with Crippen molar-refractivity contribution >= 4 is 17.5 Å². The number of nitriles is 1. The molecule has 0 aromatic rings. The third-order valence-corrected chi connectivity index (χ3v) is 13.5. The molecule has 8 atom stereocenters. The minimum absolute atomic E-state index is 0.0134. The Morgan fingerprint density at radius 2 is 1.61 bits per heavy atom. The predicted octanol–water partition coefficient (Wildman–Crippen LogP) is 6.96. The van der Waals surface area contributed by atoms with Gasteiger partial charge in [0.25, 0.3) is 0 Å². The highest BCUT2D eigenvalue weighted by molar-refractivity contribution is 6.04. The van der Waals surface area contributed by atoms with Crippen LogP contribution in [-0.4, -0.2) is 30.2 Å². The summed E-state index contributed by atoms with van der Waals surface area (Å²) >= 11 is 0. The molecular weight excluding hydrogens is 529 g/mol. The van der Waals surface area contributed by atoms with Gasteiger partial charge in [0.2, 0.25) is 0 Å². The summed E-state index contributed by atoms with van der Waals surface area (Å²) in [6.45, 7) is 14.9. The third-order valence-electron chi connectivity index (χ3n) is 13.5. The number of carbonyl (C=O) groups is 3. The van der Waals surface area contributed by atoms with Crippen molar-refractivity contribution in [2.45, 2.75) is 106 Å². The monoisotopic (exact) mass is 574 g/mol. The highest BCUT2D eigenvalue weighted by atomic mass is 19.4. The summed E-state index contributed by atoms with van der Waals surface area (Å²) in [5.74, 6) is -2.34. The maximum absolute atomic E-state index is 14.5. The van der Waals surface area contributed by atoms with E-state index in [0.29, 0.717) is 25.7 Å². The Labute approximate surface area is 242 Å². The molecule has 41 heavy (non-hydrogen) atoms. The summed E-state index contributed by atoms with van der Waals surface area (Å²) < 4.78 is 39.5. The van der Waals surface area contributed by atoms with Crippen molar-refractivity contribution < 1.29 is 27.6 Å². The molecule has 0 spiro atoms. The van der Waals surface area contributed by atoms with Crippen LogP contribution in [0.4, 0.5) is 13.2 Å². The fourth-order valence-corrected chi connectivity index (χ4v) is 11.1. The number of fused-ring (bicyclic) bond motifs is 7. The molecule has 5 rings (SSSR count). The Balaban J connectivity index is 1.57. The summed E-state index contributed by atoms with van der Waals surface area (Å²) in [6, 6.07) is 2.15. The van der Waals surface area contributed by atoms with Crippen LogP contribution in [0, 0.1) is 67.5 Å². The lowest BCUT2D eigenvalue weighted by Gasteiger charge is -2.72. The number of rotatable bonds is 2. The molecule has 1 amide bonds. The Morgan fingerprint density at radius 1 is 0.976 bits per heavy atom. The van der Waals surface area contributed by atoms with Crippen LogP contribution in [-0.2, 0) is 14.4 Å². The number of ketones is 2. The minimum atomic E-state index is -4.94. The number of nitrogens with one attached hydrogen (secondary N) is 1. The number of halogens is 3. The lowest BCUT2D eigenvalue weighted by atomic mass is 9.31. The van der Waals surface area contributed by atoms with Crippen molar-refractivity contribution in [1.29, 1.82) is 5.26 Å². The quantitative estimate of drug-likeness (QED) is 0.386. The number of amides is 1. The fraction of sp³-hybridized carbons (Fsp3) is 0.818. The Morgan fingerprint density at radius 3 is 2.22 bits per heavy atom. The minimum Gasteiger partial charge on any atom is -0.348 e. The van der Waals surface area contributed by atoms with Crippen LogP contribution in [0.25, 0.3) is 0 Å². The lowest BCUT2D eigenvalue weighted by molar-refractivity contribution is -0.222. The van der Waals surface area contributed by atoms with E-state index in [4.69, 9.17) is 0 Å². The fourth-order valence-electron chi connectivity index (χ4n) is 11.1. The van der Waals surface area contributed by atoms with Gasteiger partial charge < -0.3 is 5.32 Å². The van der Waals surface area contributed by atoms with Gasteiger partial charge in [-0.1, -0.05) is 54.5 Å². The van der Waals surface area contributed by atoms with E-state index in [2.05, 4.69) is 46.0 Å². The number of carbonyl (C=O) groups excluding carboxylic acids is 3. The topological polar surface area (TPSA) is 87.0 Å². The molecule has 0 bridgehead atoms. The molecule has 5 nitrogen and oxygen atoms in total. The molecule has 4 fully saturated rings. The number of hydrogen-bond donors (Lipinski definition) is 1. The average molecular weight is 575 g/mol. The zero-order valence-electron chi connectivity index (χ0n) is 25.6. The second-order valence-corrected chi connectivity index (χ2v) is 16.2. The average Bonchev–Trinajstić information content (AvgIpc) is 2.86. The smallest absolute Gasteiger partial charge is 0.348 e. The number of hydrogen-bond acceptors (Lipinski definition) is 4. The van der Waals surface area contributed by atoms with Crippen molar-refractivity contribution in [3.05, 3.63) is 11.6 Å². The summed E-state index contributed by atoms with van der Waals surface area (Å²) in [6.07, 6.45) is 2.59. The van der Waals surface area contributed by atoms with Crippen LogP contribution in [0.2, 0.25) is 0 Å². The van der Waals surface area contributed by atoms with Gasteiger partial charge in [-0.25, -0.2) is 0 Å². The molecule has 2 unspecified atom stereocenters. The van der Waals surface area contributed by atoms with Crippen LogP contribution in [0.1, 0.15) is 99.8 Å². The molecule has 226 valence electrons. The van der Waals surface area contributed by atoms with Crippen LogP contribution in [0.3, 0.4) is 0 Å². The van der Waals surface area contributed by atoms with Crippen LogP contribution in [0.5, 0.6) is 0 Å². The predicted molar refractivity (Wildman–Crippen MR) is 148 cm³/mol. The number of nitrogens with zero attached hydrogens (tertiary/aromatic N) is 1. The van der Waals surface area contributed by atoms with Gasteiger partial charge in [0.05, 0.1) is 5.57 Å². The van der Waals surface area contributed by atoms with E-state index in [-0.39, 0.29) is 63.6 Å². The van der Waals surface area contributed by atoms with Gasteiger partial charge in [0, 0.05) is 24.3 Å². The second-order valence-electron chi connectivity index (χ2n) is 16.2. The van der Waals surface area contributed by atoms with Gasteiger partial charge in [-0.2, -0.15) is 18.4 Å². The first-order chi connectivity index (χ1) is 18.7. The zero-order valence-corrected chi connectivity index (χ0v) is 25.6. The van der Waals surface area contributed by atoms with Gasteiger partial charge in [0.1, 0.15) is 11.9 Å². The van der Waals surface area contributed by atoms with E-state index < -0.39 is 28.3 Å². The SMILES string of the molecule is CC1(C)CC[C@]2(CNC(=O)C(F)(F)F)CC[C@]3(C)C(C(=O)C[C@@H]4[C@@]5(C)C=C(C#N)C(=O)C(C)(C)[C@@H]5CC[C@]43C)C2C1. The highest BCUT2D eigenvalue weighted by Crippen LogP contribution is 2.75. The van der Waals surface area contributed by atoms with Crippen molar-refractivity contribution in [2.75, 3.05) is 6.54 Å². The molecule has 0 aromatic carbocycles. The molecule has 5 aliphatic carbocycles. The van der Waals surface area contributed by atoms with Crippen LogP contribution >= 0.6 is 0 Å². The molecular formula is C33H45F3N2O3.